The smallest absolute Gasteiger partial charge is 0.462 e. The third-order valence-electron chi connectivity index (χ3n) is 9.15. The normalized spacial score (nSPS) is 14.0. The first-order chi connectivity index (χ1) is 27.8. The lowest BCUT2D eigenvalue weighted by atomic mass is 10.0. The van der Waals surface area contributed by atoms with Gasteiger partial charge in [-0.15, -0.1) is 0 Å². The van der Waals surface area contributed by atoms with E-state index in [1.165, 1.54) is 70.6 Å². The highest BCUT2D eigenvalue weighted by atomic mass is 31.2. The van der Waals surface area contributed by atoms with E-state index in [0.717, 1.165) is 77.0 Å². The van der Waals surface area contributed by atoms with E-state index in [1.54, 1.807) is 0 Å². The minimum absolute atomic E-state index is 0.0466. The number of unbranched alkanes of at least 4 members (excludes halogenated alkanes) is 18. The van der Waals surface area contributed by atoms with E-state index in [0.29, 0.717) is 6.42 Å². The highest BCUT2D eigenvalue weighted by molar-refractivity contribution is 7.47. The number of ether oxygens (including phenoxy) is 2. The first-order valence-corrected chi connectivity index (χ1v) is 23.9. The Morgan fingerprint density at radius 1 is 0.544 bits per heavy atom. The van der Waals surface area contributed by atoms with E-state index in [4.69, 9.17) is 24.3 Å². The van der Waals surface area contributed by atoms with Gasteiger partial charge in [-0.25, -0.2) is 4.57 Å². The largest absolute Gasteiger partial charge is 0.472 e. The van der Waals surface area contributed by atoms with Crippen molar-refractivity contribution in [3.63, 3.8) is 0 Å². The lowest BCUT2D eigenvalue weighted by molar-refractivity contribution is -0.161. The molecule has 10 heteroatoms. The number of esters is 2. The molecule has 2 atom stereocenters. The molecule has 0 fully saturated rings. The SMILES string of the molecule is CC/C=C/C=C/C=C/CCCCCCCC(=O)OC(COC(=O)CCCCCCCCCCCCCCC/C=C/C/C=C/C/C=C/CC)COP(=O)(O)OCCN. The summed E-state index contributed by atoms with van der Waals surface area (Å²) in [4.78, 5) is 34.9. The summed E-state index contributed by atoms with van der Waals surface area (Å²) in [6.45, 7) is 3.46. The standard InChI is InChI=1S/C47H82NO8P/c1-3-5-7-9-11-13-15-17-18-19-20-21-22-23-24-25-26-28-29-31-33-35-37-39-46(49)53-43-45(44-55-57(51,52)54-42-41-48)56-47(50)40-38-36-34-32-30-27-16-14-12-10-8-6-4-2/h5-8,10-14,16-18,45H,3-4,9,15,19-44,48H2,1-2H3,(H,51,52)/b7-5+,8-6+,12-10+,13-11+,16-14+,18-17+. The number of phosphoric ester groups is 1. The number of phosphoric acid groups is 1. The molecule has 0 amide bonds. The van der Waals surface area contributed by atoms with Crippen LogP contribution in [0.2, 0.25) is 0 Å². The Kier molecular flexibility index (Phi) is 41.1. The summed E-state index contributed by atoms with van der Waals surface area (Å²) in [7, 11) is -4.39. The summed E-state index contributed by atoms with van der Waals surface area (Å²) in [5, 5.41) is 0. The molecule has 0 bridgehead atoms. The van der Waals surface area contributed by atoms with Crippen molar-refractivity contribution in [2.75, 3.05) is 26.4 Å². The summed E-state index contributed by atoms with van der Waals surface area (Å²) in [5.41, 5.74) is 5.35. The summed E-state index contributed by atoms with van der Waals surface area (Å²) in [6.07, 6.45) is 52.3. The van der Waals surface area contributed by atoms with Crippen LogP contribution in [0.3, 0.4) is 0 Å². The fraction of sp³-hybridized carbons (Fsp3) is 0.702. The molecular weight excluding hydrogens is 737 g/mol. The molecule has 0 aliphatic carbocycles. The maximum absolute atomic E-state index is 12.6. The summed E-state index contributed by atoms with van der Waals surface area (Å²) < 4.78 is 32.8. The molecular formula is C47H82NO8P. The van der Waals surface area contributed by atoms with Crippen LogP contribution >= 0.6 is 7.82 Å². The maximum Gasteiger partial charge on any atom is 0.472 e. The maximum atomic E-state index is 12.6. The Labute approximate surface area is 348 Å². The minimum Gasteiger partial charge on any atom is -0.462 e. The second-order valence-corrected chi connectivity index (χ2v) is 16.0. The molecule has 0 saturated heterocycles. The Morgan fingerprint density at radius 3 is 1.54 bits per heavy atom. The average Bonchev–Trinajstić information content (AvgIpc) is 3.20. The van der Waals surface area contributed by atoms with Gasteiger partial charge in [0.2, 0.25) is 0 Å². The van der Waals surface area contributed by atoms with Crippen LogP contribution in [0.5, 0.6) is 0 Å². The van der Waals surface area contributed by atoms with Crippen molar-refractivity contribution in [2.24, 2.45) is 5.73 Å². The molecule has 0 radical (unpaired) electrons. The molecule has 0 saturated carbocycles. The number of carbonyl (C=O) groups excluding carboxylic acids is 2. The summed E-state index contributed by atoms with van der Waals surface area (Å²) in [5.74, 6) is -0.857. The Bertz CT molecular complexity index is 1160. The van der Waals surface area contributed by atoms with Gasteiger partial charge in [-0.3, -0.25) is 18.6 Å². The Hall–Kier alpha value is -2.55. The van der Waals surface area contributed by atoms with Crippen molar-refractivity contribution in [1.82, 2.24) is 0 Å². The molecule has 0 aromatic heterocycles. The zero-order valence-electron chi connectivity index (χ0n) is 36.0. The Morgan fingerprint density at radius 2 is 1.00 bits per heavy atom. The van der Waals surface area contributed by atoms with Gasteiger partial charge in [0.25, 0.3) is 0 Å². The van der Waals surface area contributed by atoms with Crippen LogP contribution in [0.1, 0.15) is 181 Å². The fourth-order valence-corrected chi connectivity index (χ4v) is 6.65. The third-order valence-corrected chi connectivity index (χ3v) is 10.1. The van der Waals surface area contributed by atoms with Gasteiger partial charge in [0.15, 0.2) is 6.10 Å². The molecule has 57 heavy (non-hydrogen) atoms. The quantitative estimate of drug-likeness (QED) is 0.0203. The van der Waals surface area contributed by atoms with Gasteiger partial charge in [-0.1, -0.05) is 177 Å². The lowest BCUT2D eigenvalue weighted by Gasteiger charge is -2.19. The van der Waals surface area contributed by atoms with Crippen molar-refractivity contribution in [3.8, 4) is 0 Å². The molecule has 0 rings (SSSR count). The Balaban J connectivity index is 4.07. The van der Waals surface area contributed by atoms with Crippen LogP contribution in [0.15, 0.2) is 72.9 Å². The van der Waals surface area contributed by atoms with Gasteiger partial charge in [0, 0.05) is 19.4 Å². The molecule has 0 aliphatic rings. The minimum atomic E-state index is -4.39. The topological polar surface area (TPSA) is 134 Å². The molecule has 0 aliphatic heterocycles. The predicted octanol–water partition coefficient (Wildman–Crippen LogP) is 13.1. The van der Waals surface area contributed by atoms with Gasteiger partial charge in [0.1, 0.15) is 6.61 Å². The predicted molar refractivity (Wildman–Crippen MR) is 238 cm³/mol. The number of allylic oxidation sites excluding steroid dienone is 12. The molecule has 2 unspecified atom stereocenters. The van der Waals surface area contributed by atoms with Gasteiger partial charge < -0.3 is 20.1 Å². The average molecular weight is 820 g/mol. The van der Waals surface area contributed by atoms with E-state index in [9.17, 15) is 19.0 Å². The van der Waals surface area contributed by atoms with Gasteiger partial charge >= 0.3 is 19.8 Å². The van der Waals surface area contributed by atoms with Crippen LogP contribution in [0.25, 0.3) is 0 Å². The van der Waals surface area contributed by atoms with Gasteiger partial charge in [0.05, 0.1) is 13.2 Å². The second kappa shape index (κ2) is 43.0. The lowest BCUT2D eigenvalue weighted by Crippen LogP contribution is -2.29. The van der Waals surface area contributed by atoms with E-state index in [-0.39, 0.29) is 32.6 Å². The van der Waals surface area contributed by atoms with Crippen molar-refractivity contribution in [2.45, 2.75) is 187 Å². The van der Waals surface area contributed by atoms with Crippen molar-refractivity contribution >= 4 is 19.8 Å². The van der Waals surface area contributed by atoms with E-state index >= 15 is 0 Å². The number of hydrogen-bond donors (Lipinski definition) is 2. The van der Waals surface area contributed by atoms with E-state index in [2.05, 4.69) is 68.5 Å². The van der Waals surface area contributed by atoms with E-state index < -0.39 is 32.5 Å². The van der Waals surface area contributed by atoms with Crippen LogP contribution < -0.4 is 5.73 Å². The molecule has 9 nitrogen and oxygen atoms in total. The highest BCUT2D eigenvalue weighted by Gasteiger charge is 2.26. The van der Waals surface area contributed by atoms with Crippen LogP contribution in [-0.4, -0.2) is 49.3 Å². The fourth-order valence-electron chi connectivity index (χ4n) is 5.88. The highest BCUT2D eigenvalue weighted by Crippen LogP contribution is 2.43. The van der Waals surface area contributed by atoms with Crippen LogP contribution in [0, 0.1) is 0 Å². The monoisotopic (exact) mass is 820 g/mol. The summed E-state index contributed by atoms with van der Waals surface area (Å²) in [6, 6.07) is 0. The second-order valence-electron chi connectivity index (χ2n) is 14.6. The molecule has 0 aromatic carbocycles. The van der Waals surface area contributed by atoms with E-state index in [1.807, 2.05) is 18.2 Å². The molecule has 0 aromatic rings. The van der Waals surface area contributed by atoms with Gasteiger partial charge in [-0.2, -0.15) is 0 Å². The number of nitrogens with two attached hydrogens (primary N) is 1. The number of hydrogen-bond acceptors (Lipinski definition) is 8. The number of carbonyl (C=O) groups is 2. The third kappa shape index (κ3) is 42.9. The van der Waals surface area contributed by atoms with Crippen molar-refractivity contribution < 1.29 is 37.6 Å². The molecule has 0 spiro atoms. The molecule has 328 valence electrons. The van der Waals surface area contributed by atoms with Crippen molar-refractivity contribution in [1.29, 1.82) is 0 Å². The summed E-state index contributed by atoms with van der Waals surface area (Å²) >= 11 is 0. The molecule has 0 heterocycles. The zero-order valence-corrected chi connectivity index (χ0v) is 36.9. The van der Waals surface area contributed by atoms with Crippen molar-refractivity contribution in [3.05, 3.63) is 72.9 Å². The first-order valence-electron chi connectivity index (χ1n) is 22.4. The number of rotatable bonds is 41. The first kappa shape index (κ1) is 54.5. The van der Waals surface area contributed by atoms with Crippen LogP contribution in [-0.2, 0) is 32.7 Å². The molecule has 3 N–H and O–H groups in total. The van der Waals surface area contributed by atoms with Gasteiger partial charge in [-0.05, 0) is 64.2 Å². The zero-order chi connectivity index (χ0) is 41.8. The van der Waals surface area contributed by atoms with Crippen LogP contribution in [0.4, 0.5) is 0 Å².